The topological polar surface area (TPSA) is 58.6 Å². The van der Waals surface area contributed by atoms with Gasteiger partial charge in [0, 0.05) is 31.2 Å². The Kier molecular flexibility index (Phi) is 5.15. The lowest BCUT2D eigenvalue weighted by Gasteiger charge is -2.38. The number of piperazine rings is 1. The summed E-state index contributed by atoms with van der Waals surface area (Å²) in [6.45, 7) is 8.32. The van der Waals surface area contributed by atoms with Crippen LogP contribution < -0.4 is 9.64 Å². The van der Waals surface area contributed by atoms with E-state index in [4.69, 9.17) is 16.3 Å². The summed E-state index contributed by atoms with van der Waals surface area (Å²) in [6, 6.07) is 7.04. The van der Waals surface area contributed by atoms with Crippen LogP contribution in [0, 0.1) is 6.92 Å². The van der Waals surface area contributed by atoms with Crippen LogP contribution in [0.4, 0.5) is 5.13 Å². The van der Waals surface area contributed by atoms with Crippen LogP contribution in [-0.4, -0.2) is 52.8 Å². The highest BCUT2D eigenvalue weighted by Crippen LogP contribution is 2.24. The third-order valence-corrected chi connectivity index (χ3v) is 5.21. The van der Waals surface area contributed by atoms with Gasteiger partial charge in [0.1, 0.15) is 10.8 Å². The zero-order valence-electron chi connectivity index (χ0n) is 14.5. The lowest BCUT2D eigenvalue weighted by atomic mass is 10.1. The molecule has 0 radical (unpaired) electrons. The van der Waals surface area contributed by atoms with E-state index in [0.29, 0.717) is 23.9 Å². The van der Waals surface area contributed by atoms with Gasteiger partial charge in [0.2, 0.25) is 5.13 Å². The maximum atomic E-state index is 12.9. The largest absolute Gasteiger partial charge is 0.478 e. The summed E-state index contributed by atoms with van der Waals surface area (Å²) in [5, 5.41) is 10.7. The van der Waals surface area contributed by atoms with Gasteiger partial charge in [-0.1, -0.05) is 22.9 Å². The van der Waals surface area contributed by atoms with Gasteiger partial charge >= 0.3 is 0 Å². The molecule has 1 aromatic heterocycles. The number of hydrogen-bond acceptors (Lipinski definition) is 6. The highest BCUT2D eigenvalue weighted by molar-refractivity contribution is 7.15. The van der Waals surface area contributed by atoms with Crippen LogP contribution in [0.5, 0.6) is 5.75 Å². The Hall–Kier alpha value is -1.86. The third kappa shape index (κ3) is 4.22. The quantitative estimate of drug-likeness (QED) is 0.816. The van der Waals surface area contributed by atoms with Crippen molar-refractivity contribution in [2.45, 2.75) is 26.4 Å². The molecule has 134 valence electrons. The molecule has 1 aliphatic heterocycles. The van der Waals surface area contributed by atoms with Crippen LogP contribution in [0.15, 0.2) is 24.3 Å². The summed E-state index contributed by atoms with van der Waals surface area (Å²) < 4.78 is 5.90. The molecule has 2 heterocycles. The molecular weight excluding hydrogens is 360 g/mol. The predicted octanol–water partition coefficient (Wildman–Crippen LogP) is 3.01. The molecule has 0 N–H and O–H groups in total. The molecule has 0 unspecified atom stereocenters. The average molecular weight is 381 g/mol. The van der Waals surface area contributed by atoms with Crippen molar-refractivity contribution < 1.29 is 9.53 Å². The minimum Gasteiger partial charge on any atom is -0.478 e. The number of rotatable bonds is 4. The Morgan fingerprint density at radius 1 is 1.16 bits per heavy atom. The molecular formula is C17H21ClN4O2S. The number of ether oxygens (including phenoxy) is 1. The van der Waals surface area contributed by atoms with E-state index < -0.39 is 5.60 Å². The molecule has 8 heteroatoms. The smallest absolute Gasteiger partial charge is 0.266 e. The molecule has 6 nitrogen and oxygen atoms in total. The van der Waals surface area contributed by atoms with Gasteiger partial charge in [-0.15, -0.1) is 10.2 Å². The number of carbonyl (C=O) groups is 1. The van der Waals surface area contributed by atoms with Crippen LogP contribution in [0.25, 0.3) is 0 Å². The van der Waals surface area contributed by atoms with Crippen LogP contribution in [-0.2, 0) is 4.79 Å². The number of halogens is 1. The standard InChI is InChI=1S/C17H21ClN4O2S/c1-12-19-20-16(25-12)22-10-8-21(9-11-22)15(23)17(2,3)24-14-6-4-13(18)5-7-14/h4-7H,8-11H2,1-3H3. The lowest BCUT2D eigenvalue weighted by molar-refractivity contribution is -0.145. The molecule has 0 aliphatic carbocycles. The first-order valence-corrected chi connectivity index (χ1v) is 9.33. The van der Waals surface area contributed by atoms with E-state index in [0.717, 1.165) is 23.2 Å². The number of hydrogen-bond donors (Lipinski definition) is 0. The molecule has 1 fully saturated rings. The van der Waals surface area contributed by atoms with Crippen molar-refractivity contribution in [3.63, 3.8) is 0 Å². The molecule has 25 heavy (non-hydrogen) atoms. The fourth-order valence-electron chi connectivity index (χ4n) is 2.74. The van der Waals surface area contributed by atoms with Crippen molar-refractivity contribution in [2.75, 3.05) is 31.1 Å². The number of aromatic nitrogens is 2. The average Bonchev–Trinajstić information content (AvgIpc) is 3.03. The van der Waals surface area contributed by atoms with Gasteiger partial charge in [-0.25, -0.2) is 0 Å². The van der Waals surface area contributed by atoms with Gasteiger partial charge < -0.3 is 14.5 Å². The molecule has 1 aromatic carbocycles. The van der Waals surface area contributed by atoms with Crippen molar-refractivity contribution >= 4 is 34.0 Å². The minimum atomic E-state index is -0.935. The number of benzene rings is 1. The number of aryl methyl sites for hydroxylation is 1. The van der Waals surface area contributed by atoms with Gasteiger partial charge in [-0.2, -0.15) is 0 Å². The summed E-state index contributed by atoms with van der Waals surface area (Å²) in [7, 11) is 0. The first kappa shape index (κ1) is 17.9. The second kappa shape index (κ2) is 7.17. The molecule has 0 bridgehead atoms. The first-order chi connectivity index (χ1) is 11.8. The van der Waals surface area contributed by atoms with Gasteiger partial charge in [0.05, 0.1) is 0 Å². The molecule has 0 spiro atoms. The Morgan fingerprint density at radius 2 is 1.80 bits per heavy atom. The molecule has 3 rings (SSSR count). The first-order valence-electron chi connectivity index (χ1n) is 8.14. The van der Waals surface area contributed by atoms with Gasteiger partial charge in [0.25, 0.3) is 5.91 Å². The lowest BCUT2D eigenvalue weighted by Crippen LogP contribution is -2.55. The molecule has 1 amide bonds. The van der Waals surface area contributed by atoms with E-state index in [1.807, 2.05) is 11.8 Å². The van der Waals surface area contributed by atoms with Crippen LogP contribution in [0.3, 0.4) is 0 Å². The Labute approximate surface area is 156 Å². The van der Waals surface area contributed by atoms with E-state index in [1.54, 1.807) is 49.4 Å². The summed E-state index contributed by atoms with van der Waals surface area (Å²) in [5.41, 5.74) is -0.935. The van der Waals surface area contributed by atoms with Crippen molar-refractivity contribution in [2.24, 2.45) is 0 Å². The highest BCUT2D eigenvalue weighted by Gasteiger charge is 2.36. The SMILES string of the molecule is Cc1nnc(N2CCN(C(=O)C(C)(C)Oc3ccc(Cl)cc3)CC2)s1. The van der Waals surface area contributed by atoms with Crippen molar-refractivity contribution in [3.05, 3.63) is 34.3 Å². The third-order valence-electron chi connectivity index (χ3n) is 4.05. The molecule has 2 aromatic rings. The molecule has 1 saturated heterocycles. The Morgan fingerprint density at radius 3 is 2.36 bits per heavy atom. The maximum absolute atomic E-state index is 12.9. The summed E-state index contributed by atoms with van der Waals surface area (Å²) in [6.07, 6.45) is 0. The fraction of sp³-hybridized carbons (Fsp3) is 0.471. The van der Waals surface area contributed by atoms with Gasteiger partial charge in [0.15, 0.2) is 5.60 Å². The predicted molar refractivity (Wildman–Crippen MR) is 99.6 cm³/mol. The maximum Gasteiger partial charge on any atom is 0.266 e. The molecule has 0 saturated carbocycles. The highest BCUT2D eigenvalue weighted by atomic mass is 35.5. The van der Waals surface area contributed by atoms with E-state index in [-0.39, 0.29) is 5.91 Å². The van der Waals surface area contributed by atoms with Crippen molar-refractivity contribution in [3.8, 4) is 5.75 Å². The van der Waals surface area contributed by atoms with E-state index >= 15 is 0 Å². The normalized spacial score (nSPS) is 15.4. The molecule has 0 atom stereocenters. The summed E-state index contributed by atoms with van der Waals surface area (Å²) >= 11 is 7.47. The van der Waals surface area contributed by atoms with E-state index in [9.17, 15) is 4.79 Å². The van der Waals surface area contributed by atoms with Crippen LogP contribution in [0.2, 0.25) is 5.02 Å². The van der Waals surface area contributed by atoms with E-state index in [1.165, 1.54) is 0 Å². The summed E-state index contributed by atoms with van der Waals surface area (Å²) in [5.74, 6) is 0.612. The van der Waals surface area contributed by atoms with Gasteiger partial charge in [-0.3, -0.25) is 4.79 Å². The summed E-state index contributed by atoms with van der Waals surface area (Å²) in [4.78, 5) is 16.9. The minimum absolute atomic E-state index is 0.0180. The number of anilines is 1. The second-order valence-electron chi connectivity index (χ2n) is 6.45. The monoisotopic (exact) mass is 380 g/mol. The zero-order valence-corrected chi connectivity index (χ0v) is 16.1. The van der Waals surface area contributed by atoms with Crippen molar-refractivity contribution in [1.82, 2.24) is 15.1 Å². The van der Waals surface area contributed by atoms with E-state index in [2.05, 4.69) is 15.1 Å². The zero-order chi connectivity index (χ0) is 18.0. The second-order valence-corrected chi connectivity index (χ2v) is 8.05. The Bertz CT molecular complexity index is 739. The number of amides is 1. The van der Waals surface area contributed by atoms with Crippen LogP contribution >= 0.6 is 22.9 Å². The van der Waals surface area contributed by atoms with Gasteiger partial charge in [-0.05, 0) is 45.0 Å². The van der Waals surface area contributed by atoms with Crippen molar-refractivity contribution in [1.29, 1.82) is 0 Å². The van der Waals surface area contributed by atoms with Crippen LogP contribution in [0.1, 0.15) is 18.9 Å². The number of nitrogens with zero attached hydrogens (tertiary/aromatic N) is 4. The molecule has 1 aliphatic rings. The number of carbonyl (C=O) groups excluding carboxylic acids is 1. The Balaban J connectivity index is 1.60. The fourth-order valence-corrected chi connectivity index (χ4v) is 3.60.